The molecule has 0 aromatic carbocycles. The molecule has 0 aromatic rings. The van der Waals surface area contributed by atoms with E-state index in [1.165, 1.54) is 0 Å². The van der Waals surface area contributed by atoms with Gasteiger partial charge in [-0.2, -0.15) is 19.6 Å². The first-order valence-electron chi connectivity index (χ1n) is 2.43. The van der Waals surface area contributed by atoms with E-state index in [1.54, 1.807) is 0 Å². The second kappa shape index (κ2) is 11.1. The molecule has 50 valence electrons. The molecular formula is C5H13LiO2Si. The molecule has 0 rings (SSSR count). The van der Waals surface area contributed by atoms with E-state index >= 15 is 0 Å². The molecule has 0 bridgehead atoms. The topological polar surface area (TPSA) is 37.3 Å². The molecule has 0 aliphatic rings. The summed E-state index contributed by atoms with van der Waals surface area (Å²) >= 11 is 0. The van der Waals surface area contributed by atoms with E-state index in [-0.39, 0.29) is 27.7 Å². The zero-order chi connectivity index (χ0) is 7.15. The van der Waals surface area contributed by atoms with Gasteiger partial charge in [-0.05, 0) is 0 Å². The monoisotopic (exact) mass is 140 g/mol. The van der Waals surface area contributed by atoms with Crippen LogP contribution in [0.15, 0.2) is 0 Å². The molecule has 0 aromatic heterocycles. The van der Waals surface area contributed by atoms with Crippen LogP contribution in [0.2, 0.25) is 19.6 Å². The van der Waals surface area contributed by atoms with Gasteiger partial charge in [0.1, 0.15) is 0 Å². The van der Waals surface area contributed by atoms with Gasteiger partial charge in [-0.15, -0.1) is 0 Å². The van der Waals surface area contributed by atoms with Gasteiger partial charge < -0.3 is 5.11 Å². The summed E-state index contributed by atoms with van der Waals surface area (Å²) < 4.78 is 0. The van der Waals surface area contributed by atoms with Gasteiger partial charge in [0.25, 0.3) is 5.97 Å². The van der Waals surface area contributed by atoms with Gasteiger partial charge >= 0.3 is 18.9 Å². The van der Waals surface area contributed by atoms with Crippen molar-refractivity contribution in [3.05, 3.63) is 0 Å². The molecule has 0 radical (unpaired) electrons. The Morgan fingerprint density at radius 2 is 1.33 bits per heavy atom. The normalized spacial score (nSPS) is 6.78. The third-order valence-electron chi connectivity index (χ3n) is 0. The smallest absolute Gasteiger partial charge is 0.481 e. The molecule has 1 N–H and O–H groups in total. The summed E-state index contributed by atoms with van der Waals surface area (Å²) in [6.07, 6.45) is 0. The van der Waals surface area contributed by atoms with Crippen LogP contribution in [0, 0.1) is 0 Å². The number of hydrogen-bond donors (Lipinski definition) is 1. The second-order valence-electron chi connectivity index (χ2n) is 2.02. The molecule has 2 nitrogen and oxygen atoms in total. The Bertz CT molecular complexity index is 59.2. The summed E-state index contributed by atoms with van der Waals surface area (Å²) in [4.78, 5) is 9.00. The molecule has 0 unspecified atom stereocenters. The average Bonchev–Trinajstić information content (AvgIpc) is 1.25. The average molecular weight is 140 g/mol. The Kier molecular flexibility index (Phi) is 20.0. The van der Waals surface area contributed by atoms with E-state index in [0.29, 0.717) is 0 Å². The van der Waals surface area contributed by atoms with Crippen molar-refractivity contribution in [1.29, 1.82) is 0 Å². The molecule has 0 heterocycles. The molecule has 9 heavy (non-hydrogen) atoms. The maximum Gasteiger partial charge on any atom is 1.00 e. The van der Waals surface area contributed by atoms with Gasteiger partial charge in [0.05, 0.1) is 0 Å². The van der Waals surface area contributed by atoms with Crippen LogP contribution in [-0.4, -0.2) is 19.9 Å². The van der Waals surface area contributed by atoms with Crippen molar-refractivity contribution in [2.24, 2.45) is 0 Å². The zero-order valence-corrected chi connectivity index (χ0v) is 7.86. The van der Waals surface area contributed by atoms with E-state index in [1.807, 2.05) is 0 Å². The summed E-state index contributed by atoms with van der Waals surface area (Å²) in [5.74, 6) is -0.833. The molecule has 0 saturated carbocycles. The minimum absolute atomic E-state index is 0. The SMILES string of the molecule is CC(=O)O.C[Si-](C)C.[Li+]. The van der Waals surface area contributed by atoms with Crippen LogP contribution in [0.5, 0.6) is 0 Å². The second-order valence-corrected chi connectivity index (χ2v) is 5.02. The van der Waals surface area contributed by atoms with Gasteiger partial charge in [0, 0.05) is 6.92 Å². The fourth-order valence-corrected chi connectivity index (χ4v) is 0. The van der Waals surface area contributed by atoms with Crippen molar-refractivity contribution >= 4 is 14.8 Å². The van der Waals surface area contributed by atoms with Crippen LogP contribution in [0.4, 0.5) is 0 Å². The van der Waals surface area contributed by atoms with Crippen molar-refractivity contribution in [2.75, 3.05) is 0 Å². The minimum Gasteiger partial charge on any atom is -0.481 e. The maximum atomic E-state index is 9.00. The number of carboxylic acid groups (broad SMARTS) is 1. The Morgan fingerprint density at radius 3 is 1.33 bits per heavy atom. The van der Waals surface area contributed by atoms with Crippen LogP contribution in [0.25, 0.3) is 0 Å². The van der Waals surface area contributed by atoms with Crippen LogP contribution in [0.1, 0.15) is 6.92 Å². The third-order valence-corrected chi connectivity index (χ3v) is 0. The number of carbonyl (C=O) groups is 1. The van der Waals surface area contributed by atoms with Crippen LogP contribution in [0.3, 0.4) is 0 Å². The molecule has 0 saturated heterocycles. The van der Waals surface area contributed by atoms with Crippen molar-refractivity contribution in [3.63, 3.8) is 0 Å². The Balaban J connectivity index is -0.0000000720. The van der Waals surface area contributed by atoms with Gasteiger partial charge in [-0.25, -0.2) is 0 Å². The summed E-state index contributed by atoms with van der Waals surface area (Å²) in [7, 11) is 0.120. The first kappa shape index (κ1) is 16.1. The quantitative estimate of drug-likeness (QED) is 0.414. The number of hydrogen-bond acceptors (Lipinski definition) is 1. The van der Waals surface area contributed by atoms with E-state index in [0.717, 1.165) is 6.92 Å². The van der Waals surface area contributed by atoms with Gasteiger partial charge in [-0.3, -0.25) is 13.6 Å². The van der Waals surface area contributed by atoms with Crippen molar-refractivity contribution < 1.29 is 28.8 Å². The molecule has 4 heteroatoms. The van der Waals surface area contributed by atoms with Crippen LogP contribution in [-0.2, 0) is 4.79 Å². The predicted molar refractivity (Wildman–Crippen MR) is 36.7 cm³/mol. The molecule has 0 aliphatic carbocycles. The maximum absolute atomic E-state index is 9.00. The van der Waals surface area contributed by atoms with Crippen molar-refractivity contribution in [3.8, 4) is 0 Å². The Labute approximate surface area is 70.4 Å². The van der Waals surface area contributed by atoms with Gasteiger partial charge in [-0.1, -0.05) is 0 Å². The molecule has 0 atom stereocenters. The van der Waals surface area contributed by atoms with Crippen LogP contribution >= 0.6 is 0 Å². The summed E-state index contributed by atoms with van der Waals surface area (Å²) in [6.45, 7) is 7.89. The van der Waals surface area contributed by atoms with Gasteiger partial charge in [0.2, 0.25) is 0 Å². The Hall–Kier alpha value is 0.284. The number of aliphatic carboxylic acids is 1. The van der Waals surface area contributed by atoms with Crippen molar-refractivity contribution in [2.45, 2.75) is 26.6 Å². The molecule has 0 amide bonds. The Morgan fingerprint density at radius 1 is 1.33 bits per heavy atom. The molecular weight excluding hydrogens is 127 g/mol. The summed E-state index contributed by atoms with van der Waals surface area (Å²) in [5, 5.41) is 7.42. The fraction of sp³-hybridized carbons (Fsp3) is 0.800. The van der Waals surface area contributed by atoms with Gasteiger partial charge in [0.15, 0.2) is 0 Å². The molecule has 0 fully saturated rings. The van der Waals surface area contributed by atoms with E-state index in [9.17, 15) is 0 Å². The largest absolute Gasteiger partial charge is 1.00 e. The van der Waals surface area contributed by atoms with Crippen LogP contribution < -0.4 is 18.9 Å². The predicted octanol–water partition coefficient (Wildman–Crippen LogP) is -1.53. The van der Waals surface area contributed by atoms with E-state index < -0.39 is 5.97 Å². The standard InChI is InChI=1S/C3H9Si.C2H4O2.Li/c1-4(2)3;1-2(3)4;/h1-3H3;1H3,(H,3,4);/q-1;;+1. The fourth-order valence-electron chi connectivity index (χ4n) is 0. The molecule has 0 aliphatic heterocycles. The first-order valence-corrected chi connectivity index (χ1v) is 5.43. The van der Waals surface area contributed by atoms with Crippen molar-refractivity contribution in [1.82, 2.24) is 0 Å². The third kappa shape index (κ3) is 4050. The van der Waals surface area contributed by atoms with E-state index in [2.05, 4.69) is 19.6 Å². The summed E-state index contributed by atoms with van der Waals surface area (Å²) in [6, 6.07) is 0. The minimum atomic E-state index is -0.833. The number of carboxylic acids is 1. The van der Waals surface area contributed by atoms with E-state index in [4.69, 9.17) is 9.90 Å². The molecule has 0 spiro atoms. The first-order chi connectivity index (χ1) is 3.46. The zero-order valence-electron chi connectivity index (χ0n) is 6.86. The summed E-state index contributed by atoms with van der Waals surface area (Å²) in [5.41, 5.74) is 0. The number of rotatable bonds is 0.